The highest BCUT2D eigenvalue weighted by Gasteiger charge is 2.15. The summed E-state index contributed by atoms with van der Waals surface area (Å²) in [5.41, 5.74) is 3.44. The largest absolute Gasteiger partial charge is 0.466 e. The molecule has 0 aromatic heterocycles. The number of nitrogens with zero attached hydrogens (tertiary/aromatic N) is 2. The van der Waals surface area contributed by atoms with Crippen molar-refractivity contribution in [2.24, 2.45) is 5.10 Å². The molecule has 7 nitrogen and oxygen atoms in total. The summed E-state index contributed by atoms with van der Waals surface area (Å²) >= 11 is 5.98. The van der Waals surface area contributed by atoms with Crippen molar-refractivity contribution in [1.82, 2.24) is 0 Å². The summed E-state index contributed by atoms with van der Waals surface area (Å²) in [6.07, 6.45) is 20.0. The van der Waals surface area contributed by atoms with Crippen LogP contribution in [0.25, 0.3) is 0 Å². The summed E-state index contributed by atoms with van der Waals surface area (Å²) in [4.78, 5) is 22.8. The Balaban J connectivity index is 2.31. The number of hydrogen-bond donors (Lipinski definition) is 1. The predicted octanol–water partition coefficient (Wildman–Crippen LogP) is 9.23. The molecule has 0 amide bonds. The first-order valence-electron chi connectivity index (χ1n) is 13.9. The van der Waals surface area contributed by atoms with Crippen molar-refractivity contribution >= 4 is 34.7 Å². The predicted molar refractivity (Wildman–Crippen MR) is 150 cm³/mol. The lowest BCUT2D eigenvalue weighted by Crippen LogP contribution is -2.13. The Morgan fingerprint density at radius 3 is 1.94 bits per heavy atom. The van der Waals surface area contributed by atoms with Gasteiger partial charge in [0.05, 0.1) is 18.0 Å². The summed E-state index contributed by atoms with van der Waals surface area (Å²) in [7, 11) is 0. The second kappa shape index (κ2) is 21.0. The molecule has 0 heterocycles. The Kier molecular flexibility index (Phi) is 18.6. The van der Waals surface area contributed by atoms with E-state index >= 15 is 0 Å². The number of anilines is 1. The molecule has 8 heteroatoms. The van der Waals surface area contributed by atoms with E-state index in [9.17, 15) is 14.9 Å². The van der Waals surface area contributed by atoms with Gasteiger partial charge in [0.2, 0.25) is 0 Å². The third-order valence-electron chi connectivity index (χ3n) is 6.21. The second-order valence-electron chi connectivity index (χ2n) is 9.39. The number of carbonyl (C=O) groups excluding carboxylic acids is 1. The smallest absolute Gasteiger partial charge is 0.311 e. The van der Waals surface area contributed by atoms with E-state index in [0.29, 0.717) is 23.8 Å². The van der Waals surface area contributed by atoms with E-state index in [4.69, 9.17) is 16.3 Å². The maximum atomic E-state index is 12.0. The van der Waals surface area contributed by atoms with Crippen LogP contribution in [-0.2, 0) is 9.53 Å². The normalized spacial score (nSPS) is 11.5. The Morgan fingerprint density at radius 1 is 0.917 bits per heavy atom. The molecule has 1 N–H and O–H groups in total. The van der Waals surface area contributed by atoms with Gasteiger partial charge in [-0.1, -0.05) is 108 Å². The van der Waals surface area contributed by atoms with Crippen LogP contribution < -0.4 is 5.43 Å². The van der Waals surface area contributed by atoms with Gasteiger partial charge in [-0.05, 0) is 31.9 Å². The Labute approximate surface area is 222 Å². The lowest BCUT2D eigenvalue weighted by atomic mass is 10.0. The zero-order valence-electron chi connectivity index (χ0n) is 22.4. The molecule has 0 saturated carbocycles. The van der Waals surface area contributed by atoms with E-state index < -0.39 is 4.92 Å². The van der Waals surface area contributed by atoms with Crippen LogP contribution in [0.15, 0.2) is 23.3 Å². The highest BCUT2D eigenvalue weighted by Crippen LogP contribution is 2.27. The molecule has 1 aromatic rings. The van der Waals surface area contributed by atoms with Crippen molar-refractivity contribution in [2.75, 3.05) is 12.0 Å². The molecule has 1 aromatic carbocycles. The number of carbonyl (C=O) groups is 1. The number of hydrogen-bond acceptors (Lipinski definition) is 6. The highest BCUT2D eigenvalue weighted by molar-refractivity contribution is 6.31. The fraction of sp³-hybridized carbons (Fsp3) is 0.714. The van der Waals surface area contributed by atoms with Crippen LogP contribution in [-0.4, -0.2) is 23.2 Å². The third-order valence-corrected chi connectivity index (χ3v) is 6.45. The standard InChI is InChI=1S/C28H46ClN3O4/c1-3-5-6-7-8-9-10-11-12-13-14-15-16-17-18-19-25(23-28(33)36-4-2)30-31-26-22-24(29)20-21-27(26)32(34)35/h20-22,31H,3-19,23H2,1-2H3/b30-25-. The number of unbranched alkanes of at least 4 members (excludes halogenated alkanes) is 14. The van der Waals surface area contributed by atoms with E-state index in [1.807, 2.05) is 0 Å². The van der Waals surface area contributed by atoms with Crippen molar-refractivity contribution in [3.05, 3.63) is 33.3 Å². The highest BCUT2D eigenvalue weighted by atomic mass is 35.5. The average Bonchev–Trinajstić information content (AvgIpc) is 2.84. The number of hydrazone groups is 1. The van der Waals surface area contributed by atoms with Crippen molar-refractivity contribution in [1.29, 1.82) is 0 Å². The summed E-state index contributed by atoms with van der Waals surface area (Å²) in [5, 5.41) is 15.9. The Morgan fingerprint density at radius 2 is 1.44 bits per heavy atom. The van der Waals surface area contributed by atoms with E-state index in [-0.39, 0.29) is 23.8 Å². The zero-order valence-corrected chi connectivity index (χ0v) is 23.1. The lowest BCUT2D eigenvalue weighted by molar-refractivity contribution is -0.384. The fourth-order valence-electron chi connectivity index (χ4n) is 4.16. The summed E-state index contributed by atoms with van der Waals surface area (Å²) in [6, 6.07) is 4.25. The zero-order chi connectivity index (χ0) is 26.4. The molecule has 0 spiro atoms. The van der Waals surface area contributed by atoms with Crippen LogP contribution in [0, 0.1) is 10.1 Å². The second-order valence-corrected chi connectivity index (χ2v) is 9.83. The number of rotatable bonds is 22. The van der Waals surface area contributed by atoms with Crippen molar-refractivity contribution in [3.8, 4) is 0 Å². The van der Waals surface area contributed by atoms with E-state index in [1.165, 1.54) is 95.2 Å². The SMILES string of the molecule is CCCCCCCCCCCCCCCCC/C(CC(=O)OCC)=N/Nc1cc(Cl)ccc1[N+](=O)[O-]. The molecule has 1 rings (SSSR count). The summed E-state index contributed by atoms with van der Waals surface area (Å²) < 4.78 is 5.06. The molecule has 0 bridgehead atoms. The first-order valence-corrected chi connectivity index (χ1v) is 14.3. The maximum absolute atomic E-state index is 12.0. The van der Waals surface area contributed by atoms with Gasteiger partial charge in [0.15, 0.2) is 0 Å². The minimum absolute atomic E-state index is 0.0633. The number of nitro groups is 1. The van der Waals surface area contributed by atoms with E-state index in [0.717, 1.165) is 19.3 Å². The van der Waals surface area contributed by atoms with Crippen LogP contribution in [0.2, 0.25) is 5.02 Å². The van der Waals surface area contributed by atoms with Gasteiger partial charge in [0, 0.05) is 16.8 Å². The van der Waals surface area contributed by atoms with Crippen LogP contribution >= 0.6 is 11.6 Å². The van der Waals surface area contributed by atoms with Crippen LogP contribution in [0.1, 0.15) is 123 Å². The monoisotopic (exact) mass is 523 g/mol. The number of ether oxygens (including phenoxy) is 1. The van der Waals surface area contributed by atoms with E-state index in [2.05, 4.69) is 17.5 Å². The maximum Gasteiger partial charge on any atom is 0.311 e. The number of nitro benzene ring substituents is 1. The summed E-state index contributed by atoms with van der Waals surface area (Å²) in [5.74, 6) is -0.348. The van der Waals surface area contributed by atoms with Gasteiger partial charge in [0.1, 0.15) is 5.69 Å². The van der Waals surface area contributed by atoms with Crippen LogP contribution in [0.5, 0.6) is 0 Å². The van der Waals surface area contributed by atoms with Gasteiger partial charge in [-0.2, -0.15) is 5.10 Å². The minimum atomic E-state index is -0.492. The lowest BCUT2D eigenvalue weighted by Gasteiger charge is -2.09. The van der Waals surface area contributed by atoms with Gasteiger partial charge < -0.3 is 4.74 Å². The number of benzene rings is 1. The third kappa shape index (κ3) is 15.8. The fourth-order valence-corrected chi connectivity index (χ4v) is 4.33. The van der Waals surface area contributed by atoms with Crippen LogP contribution in [0.4, 0.5) is 11.4 Å². The van der Waals surface area contributed by atoms with E-state index in [1.54, 1.807) is 6.92 Å². The van der Waals surface area contributed by atoms with Crippen molar-refractivity contribution in [3.63, 3.8) is 0 Å². The number of halogens is 1. The quantitative estimate of drug-likeness (QED) is 0.0537. The van der Waals surface area contributed by atoms with Crippen molar-refractivity contribution in [2.45, 2.75) is 123 Å². The molecule has 204 valence electrons. The van der Waals surface area contributed by atoms with Gasteiger partial charge in [-0.15, -0.1) is 0 Å². The first-order chi connectivity index (χ1) is 17.5. The number of esters is 1. The van der Waals surface area contributed by atoms with Crippen LogP contribution in [0.3, 0.4) is 0 Å². The number of nitrogens with one attached hydrogen (secondary N) is 1. The molecule has 0 radical (unpaired) electrons. The molecule has 0 saturated heterocycles. The molecule has 0 unspecified atom stereocenters. The Hall–Kier alpha value is -2.15. The first kappa shape index (κ1) is 31.9. The molecule has 0 aliphatic rings. The average molecular weight is 524 g/mol. The van der Waals surface area contributed by atoms with Gasteiger partial charge >= 0.3 is 5.97 Å². The molecule has 0 aliphatic carbocycles. The topological polar surface area (TPSA) is 93.8 Å². The molecular formula is C28H46ClN3O4. The van der Waals surface area contributed by atoms with Gasteiger partial charge in [-0.3, -0.25) is 20.3 Å². The van der Waals surface area contributed by atoms with Gasteiger partial charge in [-0.25, -0.2) is 0 Å². The molecule has 0 atom stereocenters. The molecular weight excluding hydrogens is 478 g/mol. The van der Waals surface area contributed by atoms with Gasteiger partial charge in [0.25, 0.3) is 5.69 Å². The molecule has 36 heavy (non-hydrogen) atoms. The molecule has 0 fully saturated rings. The van der Waals surface area contributed by atoms with Crippen molar-refractivity contribution < 1.29 is 14.5 Å². The summed E-state index contributed by atoms with van der Waals surface area (Å²) in [6.45, 7) is 4.33. The molecule has 0 aliphatic heterocycles. The minimum Gasteiger partial charge on any atom is -0.466 e. The Bertz CT molecular complexity index is 786.